The molecule has 1 amide bonds. The molecule has 0 aromatic heterocycles. The summed E-state index contributed by atoms with van der Waals surface area (Å²) in [6.07, 6.45) is 5.86. The first-order chi connectivity index (χ1) is 10.2. The Labute approximate surface area is 126 Å². The fourth-order valence-electron chi connectivity index (χ4n) is 4.06. The number of carbonyl (C=O) groups is 1. The molecule has 3 fully saturated rings. The fourth-order valence-corrected chi connectivity index (χ4v) is 4.06. The smallest absolute Gasteiger partial charge is 0.227 e. The molecule has 1 heterocycles. The second-order valence-electron chi connectivity index (χ2n) is 6.52. The van der Waals surface area contributed by atoms with Gasteiger partial charge in [-0.05, 0) is 32.6 Å². The van der Waals surface area contributed by atoms with Crippen LogP contribution in [0.3, 0.4) is 0 Å². The molecule has 21 heavy (non-hydrogen) atoms. The van der Waals surface area contributed by atoms with E-state index in [1.165, 1.54) is 19.3 Å². The van der Waals surface area contributed by atoms with Gasteiger partial charge in [0.2, 0.25) is 5.91 Å². The Bertz CT molecular complexity index is 376. The number of amides is 1. The Morgan fingerprint density at radius 1 is 1.29 bits per heavy atom. The summed E-state index contributed by atoms with van der Waals surface area (Å²) in [7, 11) is 1.93. The van der Waals surface area contributed by atoms with Gasteiger partial charge in [0.25, 0.3) is 0 Å². The van der Waals surface area contributed by atoms with Crippen molar-refractivity contribution in [2.45, 2.75) is 63.9 Å². The van der Waals surface area contributed by atoms with Gasteiger partial charge in [-0.1, -0.05) is 6.42 Å². The Morgan fingerprint density at radius 2 is 2.00 bits per heavy atom. The molecule has 0 aromatic carbocycles. The molecule has 0 unspecified atom stereocenters. The maximum atomic E-state index is 12.5. The van der Waals surface area contributed by atoms with Crippen LogP contribution < -0.4 is 0 Å². The van der Waals surface area contributed by atoms with Gasteiger partial charge in [0, 0.05) is 25.1 Å². The second kappa shape index (κ2) is 6.23. The van der Waals surface area contributed by atoms with E-state index in [2.05, 4.69) is 0 Å². The Hall–Kier alpha value is -0.650. The minimum absolute atomic E-state index is 0.133. The van der Waals surface area contributed by atoms with Crippen molar-refractivity contribution >= 4 is 5.91 Å². The van der Waals surface area contributed by atoms with Crippen molar-refractivity contribution in [2.75, 3.05) is 26.9 Å². The van der Waals surface area contributed by atoms with Gasteiger partial charge in [0.15, 0.2) is 6.29 Å². The van der Waals surface area contributed by atoms with Crippen LogP contribution in [0, 0.1) is 5.41 Å². The fraction of sp³-hybridized carbons (Fsp3) is 0.938. The van der Waals surface area contributed by atoms with Crippen molar-refractivity contribution in [3.05, 3.63) is 0 Å². The number of ether oxygens (including phenoxy) is 3. The molecule has 1 spiro atoms. The van der Waals surface area contributed by atoms with Gasteiger partial charge in [0.1, 0.15) is 0 Å². The van der Waals surface area contributed by atoms with E-state index < -0.39 is 0 Å². The van der Waals surface area contributed by atoms with Crippen LogP contribution in [0.5, 0.6) is 0 Å². The topological polar surface area (TPSA) is 48.0 Å². The lowest BCUT2D eigenvalue weighted by Crippen LogP contribution is -2.67. The number of carbonyl (C=O) groups excluding carboxylic acids is 1. The highest BCUT2D eigenvalue weighted by Gasteiger charge is 2.60. The highest BCUT2D eigenvalue weighted by Crippen LogP contribution is 2.58. The van der Waals surface area contributed by atoms with Gasteiger partial charge in [-0.3, -0.25) is 4.79 Å². The van der Waals surface area contributed by atoms with Crippen LogP contribution in [0.1, 0.15) is 45.4 Å². The summed E-state index contributed by atoms with van der Waals surface area (Å²) < 4.78 is 16.8. The first-order valence-corrected chi connectivity index (χ1v) is 8.28. The van der Waals surface area contributed by atoms with Crippen molar-refractivity contribution in [1.82, 2.24) is 4.90 Å². The molecular formula is C16H27NO4. The Morgan fingerprint density at radius 3 is 2.57 bits per heavy atom. The molecule has 0 aromatic rings. The number of nitrogens with zero attached hydrogens (tertiary/aromatic N) is 1. The number of hydrogen-bond acceptors (Lipinski definition) is 4. The third kappa shape index (κ3) is 2.71. The molecule has 1 saturated heterocycles. The lowest BCUT2D eigenvalue weighted by molar-refractivity contribution is -0.210. The molecule has 0 N–H and O–H groups in total. The van der Waals surface area contributed by atoms with Gasteiger partial charge in [-0.25, -0.2) is 0 Å². The van der Waals surface area contributed by atoms with E-state index in [1.54, 1.807) is 0 Å². The SMILES string of the molecule is CCO[C@H]1C[C@H](N(C)C(=O)CC2OCCCO2)C12CCC2. The molecule has 120 valence electrons. The molecule has 3 aliphatic rings. The monoisotopic (exact) mass is 297 g/mol. The van der Waals surface area contributed by atoms with Gasteiger partial charge in [-0.15, -0.1) is 0 Å². The minimum Gasteiger partial charge on any atom is -0.378 e. The Kier molecular flexibility index (Phi) is 4.52. The van der Waals surface area contributed by atoms with Crippen molar-refractivity contribution in [3.63, 3.8) is 0 Å². The first kappa shape index (κ1) is 15.3. The summed E-state index contributed by atoms with van der Waals surface area (Å²) in [5.41, 5.74) is 0.231. The summed E-state index contributed by atoms with van der Waals surface area (Å²) in [6.45, 7) is 4.20. The van der Waals surface area contributed by atoms with E-state index in [0.717, 1.165) is 19.4 Å². The molecule has 1 aliphatic heterocycles. The molecule has 3 rings (SSSR count). The maximum Gasteiger partial charge on any atom is 0.227 e. The van der Waals surface area contributed by atoms with Crippen LogP contribution in [0.15, 0.2) is 0 Å². The second-order valence-corrected chi connectivity index (χ2v) is 6.52. The minimum atomic E-state index is -0.353. The molecule has 5 nitrogen and oxygen atoms in total. The number of hydrogen-bond donors (Lipinski definition) is 0. The predicted octanol–water partition coefficient (Wildman–Crippen LogP) is 1.95. The predicted molar refractivity (Wildman–Crippen MR) is 77.8 cm³/mol. The Balaban J connectivity index is 1.55. The molecule has 5 heteroatoms. The van der Waals surface area contributed by atoms with Gasteiger partial charge < -0.3 is 19.1 Å². The van der Waals surface area contributed by atoms with E-state index in [9.17, 15) is 4.79 Å². The van der Waals surface area contributed by atoms with Crippen molar-refractivity contribution < 1.29 is 19.0 Å². The summed E-state index contributed by atoms with van der Waals surface area (Å²) in [5.74, 6) is 0.133. The lowest BCUT2D eigenvalue weighted by atomic mass is 9.50. The molecule has 2 aliphatic carbocycles. The lowest BCUT2D eigenvalue weighted by Gasteiger charge is -2.63. The number of rotatable bonds is 5. The van der Waals surface area contributed by atoms with Gasteiger partial charge in [0.05, 0.1) is 25.7 Å². The van der Waals surface area contributed by atoms with E-state index in [-0.39, 0.29) is 17.6 Å². The van der Waals surface area contributed by atoms with Crippen molar-refractivity contribution in [1.29, 1.82) is 0 Å². The van der Waals surface area contributed by atoms with Crippen LogP contribution in [0.2, 0.25) is 0 Å². The molecular weight excluding hydrogens is 270 g/mol. The standard InChI is InChI=1S/C16H27NO4/c1-3-19-13-10-12(16(13)6-4-7-16)17(2)14(18)11-15-20-8-5-9-21-15/h12-13,15H,3-11H2,1-2H3/t12-,13-/m0/s1. The highest BCUT2D eigenvalue weighted by atomic mass is 16.7. The van der Waals surface area contributed by atoms with Crippen LogP contribution in [0.25, 0.3) is 0 Å². The van der Waals surface area contributed by atoms with E-state index >= 15 is 0 Å². The maximum absolute atomic E-state index is 12.5. The van der Waals surface area contributed by atoms with Crippen molar-refractivity contribution in [2.24, 2.45) is 5.41 Å². The van der Waals surface area contributed by atoms with E-state index in [4.69, 9.17) is 14.2 Å². The molecule has 0 bridgehead atoms. The van der Waals surface area contributed by atoms with Crippen LogP contribution in [0.4, 0.5) is 0 Å². The highest BCUT2D eigenvalue weighted by molar-refractivity contribution is 5.77. The van der Waals surface area contributed by atoms with Crippen LogP contribution >= 0.6 is 0 Å². The normalized spacial score (nSPS) is 31.5. The molecule has 0 radical (unpaired) electrons. The van der Waals surface area contributed by atoms with Gasteiger partial charge >= 0.3 is 0 Å². The summed E-state index contributed by atoms with van der Waals surface area (Å²) >= 11 is 0. The summed E-state index contributed by atoms with van der Waals surface area (Å²) in [6, 6.07) is 0.332. The third-order valence-electron chi connectivity index (χ3n) is 5.49. The van der Waals surface area contributed by atoms with E-state index in [1.807, 2.05) is 18.9 Å². The summed E-state index contributed by atoms with van der Waals surface area (Å²) in [4.78, 5) is 14.4. The zero-order chi connectivity index (χ0) is 14.9. The molecule has 2 atom stereocenters. The molecule has 2 saturated carbocycles. The van der Waals surface area contributed by atoms with Crippen molar-refractivity contribution in [3.8, 4) is 0 Å². The average Bonchev–Trinajstić information content (AvgIpc) is 2.41. The quantitative estimate of drug-likeness (QED) is 0.778. The van der Waals surface area contributed by atoms with Gasteiger partial charge in [-0.2, -0.15) is 0 Å². The zero-order valence-corrected chi connectivity index (χ0v) is 13.2. The zero-order valence-electron chi connectivity index (χ0n) is 13.2. The average molecular weight is 297 g/mol. The summed E-state index contributed by atoms with van der Waals surface area (Å²) in [5, 5.41) is 0. The largest absolute Gasteiger partial charge is 0.378 e. The van der Waals surface area contributed by atoms with E-state index in [0.29, 0.717) is 31.8 Å². The van der Waals surface area contributed by atoms with Crippen LogP contribution in [-0.2, 0) is 19.0 Å². The first-order valence-electron chi connectivity index (χ1n) is 8.28. The third-order valence-corrected chi connectivity index (χ3v) is 5.49. The van der Waals surface area contributed by atoms with Crippen LogP contribution in [-0.4, -0.2) is 56.1 Å².